The highest BCUT2D eigenvalue weighted by molar-refractivity contribution is 9.10. The van der Waals surface area contributed by atoms with Crippen LogP contribution in [-0.2, 0) is 0 Å². The van der Waals surface area contributed by atoms with Gasteiger partial charge in [-0.05, 0) is 35.0 Å². The van der Waals surface area contributed by atoms with Gasteiger partial charge in [-0.1, -0.05) is 6.07 Å². The third-order valence-electron chi connectivity index (χ3n) is 2.49. The summed E-state index contributed by atoms with van der Waals surface area (Å²) < 4.78 is 0.376. The lowest BCUT2D eigenvalue weighted by molar-refractivity contribution is -0.385. The molecule has 1 aromatic heterocycles. The SMILES string of the molecule is Cc1cc(C(=O)N/N=C\c2ccc(Br)c([N+](=O)[O-])c2)n[nH]1. The maximum atomic E-state index is 11.7. The smallest absolute Gasteiger partial charge is 0.282 e. The predicted octanol–water partition coefficient (Wildman–Crippen LogP) is 2.15. The highest BCUT2D eigenvalue weighted by atomic mass is 79.9. The third kappa shape index (κ3) is 3.72. The van der Waals surface area contributed by atoms with Crippen LogP contribution in [0, 0.1) is 17.0 Å². The van der Waals surface area contributed by atoms with Crippen LogP contribution in [0.1, 0.15) is 21.7 Å². The van der Waals surface area contributed by atoms with Gasteiger partial charge in [0.05, 0.1) is 15.6 Å². The van der Waals surface area contributed by atoms with Crippen LogP contribution in [0.2, 0.25) is 0 Å². The van der Waals surface area contributed by atoms with Crippen LogP contribution in [0.4, 0.5) is 5.69 Å². The van der Waals surface area contributed by atoms with Crippen LogP contribution in [0.25, 0.3) is 0 Å². The molecule has 0 aliphatic carbocycles. The number of benzene rings is 1. The molecule has 2 aromatic rings. The molecular formula is C12H10BrN5O3. The van der Waals surface area contributed by atoms with E-state index in [-0.39, 0.29) is 11.4 Å². The summed E-state index contributed by atoms with van der Waals surface area (Å²) in [4.78, 5) is 21.9. The first-order valence-corrected chi connectivity index (χ1v) is 6.56. The second kappa shape index (κ2) is 6.27. The summed E-state index contributed by atoms with van der Waals surface area (Å²) in [6.45, 7) is 1.77. The number of nitrogens with one attached hydrogen (secondary N) is 2. The van der Waals surface area contributed by atoms with Gasteiger partial charge in [-0.25, -0.2) is 5.43 Å². The number of carbonyl (C=O) groups is 1. The number of nitro benzene ring substituents is 1. The van der Waals surface area contributed by atoms with Crippen molar-refractivity contribution in [3.05, 3.63) is 55.8 Å². The van der Waals surface area contributed by atoms with Gasteiger partial charge in [0, 0.05) is 17.3 Å². The van der Waals surface area contributed by atoms with Gasteiger partial charge in [0.1, 0.15) is 0 Å². The second-order valence-corrected chi connectivity index (χ2v) is 4.96. The van der Waals surface area contributed by atoms with Crippen molar-refractivity contribution in [3.63, 3.8) is 0 Å². The average Bonchev–Trinajstić information content (AvgIpc) is 2.87. The summed E-state index contributed by atoms with van der Waals surface area (Å²) in [5.41, 5.74) is 3.68. The van der Waals surface area contributed by atoms with E-state index < -0.39 is 10.8 Å². The number of nitro groups is 1. The lowest BCUT2D eigenvalue weighted by Gasteiger charge is -1.98. The van der Waals surface area contributed by atoms with Gasteiger partial charge in [-0.15, -0.1) is 0 Å². The van der Waals surface area contributed by atoms with E-state index in [2.05, 4.69) is 36.7 Å². The van der Waals surface area contributed by atoms with E-state index in [0.717, 1.165) is 5.69 Å². The Balaban J connectivity index is 2.06. The number of nitrogens with zero attached hydrogens (tertiary/aromatic N) is 3. The van der Waals surface area contributed by atoms with Crippen LogP contribution in [-0.4, -0.2) is 27.2 Å². The van der Waals surface area contributed by atoms with Gasteiger partial charge in [0.2, 0.25) is 0 Å². The minimum Gasteiger partial charge on any atom is -0.282 e. The van der Waals surface area contributed by atoms with Gasteiger partial charge in [-0.3, -0.25) is 20.0 Å². The summed E-state index contributed by atoms with van der Waals surface area (Å²) in [6, 6.07) is 6.09. The summed E-state index contributed by atoms with van der Waals surface area (Å²) >= 11 is 3.09. The van der Waals surface area contributed by atoms with Crippen LogP contribution in [0.3, 0.4) is 0 Å². The predicted molar refractivity (Wildman–Crippen MR) is 79.2 cm³/mol. The topological polar surface area (TPSA) is 113 Å². The lowest BCUT2D eigenvalue weighted by atomic mass is 10.2. The molecule has 0 saturated heterocycles. The normalized spacial score (nSPS) is 10.8. The lowest BCUT2D eigenvalue weighted by Crippen LogP contribution is -2.18. The Bertz CT molecular complexity index is 725. The summed E-state index contributed by atoms with van der Waals surface area (Å²) in [5, 5.41) is 21.0. The number of carbonyl (C=O) groups excluding carboxylic acids is 1. The molecule has 9 heteroatoms. The molecule has 0 saturated carbocycles. The Kier molecular flexibility index (Phi) is 4.43. The molecule has 8 nitrogen and oxygen atoms in total. The maximum absolute atomic E-state index is 11.7. The standard InChI is InChI=1S/C12H10BrN5O3/c1-7-4-10(16-15-7)12(19)17-14-6-8-2-3-9(13)11(5-8)18(20)21/h2-6H,1H3,(H,15,16)(H,17,19)/b14-6-. The minimum atomic E-state index is -0.507. The second-order valence-electron chi connectivity index (χ2n) is 4.10. The number of halogens is 1. The molecule has 108 valence electrons. The summed E-state index contributed by atoms with van der Waals surface area (Å²) in [6.07, 6.45) is 1.32. The first kappa shape index (κ1) is 14.9. The first-order chi connectivity index (χ1) is 9.97. The fraction of sp³-hybridized carbons (Fsp3) is 0.0833. The quantitative estimate of drug-likeness (QED) is 0.499. The van der Waals surface area contributed by atoms with Crippen molar-refractivity contribution in [1.82, 2.24) is 15.6 Å². The fourth-order valence-electron chi connectivity index (χ4n) is 1.51. The van der Waals surface area contributed by atoms with Crippen LogP contribution < -0.4 is 5.43 Å². The van der Waals surface area contributed by atoms with Gasteiger partial charge in [0.15, 0.2) is 5.69 Å². The van der Waals surface area contributed by atoms with E-state index in [9.17, 15) is 14.9 Å². The van der Waals surface area contributed by atoms with Crippen molar-refractivity contribution in [3.8, 4) is 0 Å². The maximum Gasteiger partial charge on any atom is 0.291 e. The number of hydrogen-bond donors (Lipinski definition) is 2. The summed E-state index contributed by atoms with van der Waals surface area (Å²) in [7, 11) is 0. The molecule has 1 heterocycles. The third-order valence-corrected chi connectivity index (χ3v) is 3.16. The molecule has 0 bridgehead atoms. The Morgan fingerprint density at radius 3 is 2.90 bits per heavy atom. The number of hydrogen-bond acceptors (Lipinski definition) is 5. The van der Waals surface area contributed by atoms with Crippen LogP contribution >= 0.6 is 15.9 Å². The van der Waals surface area contributed by atoms with Gasteiger partial charge < -0.3 is 0 Å². The zero-order valence-corrected chi connectivity index (χ0v) is 12.4. The molecule has 0 spiro atoms. The molecule has 2 rings (SSSR count). The Hall–Kier alpha value is -2.55. The van der Waals surface area contributed by atoms with E-state index in [1.54, 1.807) is 25.1 Å². The highest BCUT2D eigenvalue weighted by Crippen LogP contribution is 2.24. The zero-order chi connectivity index (χ0) is 15.4. The molecule has 0 fully saturated rings. The van der Waals surface area contributed by atoms with Crippen molar-refractivity contribution in [2.24, 2.45) is 5.10 Å². The minimum absolute atomic E-state index is 0.0757. The Morgan fingerprint density at radius 1 is 1.52 bits per heavy atom. The number of rotatable bonds is 4. The van der Waals surface area contributed by atoms with Crippen molar-refractivity contribution in [1.29, 1.82) is 0 Å². The molecule has 21 heavy (non-hydrogen) atoms. The number of aromatic amines is 1. The number of aromatic nitrogens is 2. The largest absolute Gasteiger partial charge is 0.291 e. The van der Waals surface area contributed by atoms with Crippen LogP contribution in [0.5, 0.6) is 0 Å². The zero-order valence-electron chi connectivity index (χ0n) is 10.8. The van der Waals surface area contributed by atoms with E-state index in [1.165, 1.54) is 12.3 Å². The van der Waals surface area contributed by atoms with Crippen molar-refractivity contribution in [2.75, 3.05) is 0 Å². The first-order valence-electron chi connectivity index (χ1n) is 5.76. The molecule has 0 radical (unpaired) electrons. The van der Waals surface area contributed by atoms with Gasteiger partial charge >= 0.3 is 0 Å². The number of aryl methyl sites for hydroxylation is 1. The van der Waals surface area contributed by atoms with Gasteiger partial charge in [0.25, 0.3) is 11.6 Å². The molecule has 2 N–H and O–H groups in total. The Morgan fingerprint density at radius 2 is 2.29 bits per heavy atom. The van der Waals surface area contributed by atoms with Crippen LogP contribution in [0.15, 0.2) is 33.8 Å². The molecule has 0 atom stereocenters. The van der Waals surface area contributed by atoms with E-state index in [0.29, 0.717) is 10.0 Å². The van der Waals surface area contributed by atoms with Crippen molar-refractivity contribution in [2.45, 2.75) is 6.92 Å². The Labute approximate surface area is 127 Å². The monoisotopic (exact) mass is 351 g/mol. The van der Waals surface area contributed by atoms with E-state index in [1.807, 2.05) is 0 Å². The molecule has 0 unspecified atom stereocenters. The molecular weight excluding hydrogens is 342 g/mol. The molecule has 1 amide bonds. The fourth-order valence-corrected chi connectivity index (χ4v) is 1.90. The van der Waals surface area contributed by atoms with E-state index in [4.69, 9.17) is 0 Å². The highest BCUT2D eigenvalue weighted by Gasteiger charge is 2.11. The van der Waals surface area contributed by atoms with E-state index >= 15 is 0 Å². The number of hydrazone groups is 1. The van der Waals surface area contributed by atoms with Crippen molar-refractivity contribution >= 4 is 33.7 Å². The summed E-state index contributed by atoms with van der Waals surface area (Å²) in [5.74, 6) is -0.470. The number of amides is 1. The van der Waals surface area contributed by atoms with Crippen molar-refractivity contribution < 1.29 is 9.72 Å². The number of H-pyrrole nitrogens is 1. The molecule has 0 aliphatic rings. The molecule has 1 aromatic carbocycles. The van der Waals surface area contributed by atoms with Gasteiger partial charge in [-0.2, -0.15) is 10.2 Å². The molecule has 0 aliphatic heterocycles. The average molecular weight is 352 g/mol.